The molecule has 0 aliphatic heterocycles. The monoisotopic (exact) mass is 280 g/mol. The fraction of sp³-hybridized carbons (Fsp3) is 0.250. The Morgan fingerprint density at radius 1 is 1.37 bits per heavy atom. The molecule has 100 valence electrons. The minimum atomic E-state index is -1.64. The lowest BCUT2D eigenvalue weighted by molar-refractivity contribution is 0.310. The van der Waals surface area contributed by atoms with Gasteiger partial charge in [-0.25, -0.2) is 9.37 Å². The van der Waals surface area contributed by atoms with E-state index in [0.29, 0.717) is 18.7 Å². The minimum absolute atomic E-state index is 0.156. The van der Waals surface area contributed by atoms with Gasteiger partial charge in [0.25, 0.3) is 0 Å². The number of aromatic nitrogens is 1. The number of nitrogens with zero attached hydrogens (tertiary/aromatic N) is 2. The summed E-state index contributed by atoms with van der Waals surface area (Å²) in [4.78, 5) is 6.12. The molecule has 0 fully saturated rings. The van der Waals surface area contributed by atoms with Crippen molar-refractivity contribution in [3.8, 4) is 0 Å². The number of hydrogen-bond acceptors (Lipinski definition) is 5. The Hall–Kier alpha value is -1.28. The average Bonchev–Trinajstić information content (AvgIpc) is 2.84. The van der Waals surface area contributed by atoms with Crippen LogP contribution in [0.1, 0.15) is 11.3 Å². The Kier molecular flexibility index (Phi) is 4.65. The first-order valence-electron chi connectivity index (χ1n) is 5.76. The van der Waals surface area contributed by atoms with Gasteiger partial charge < -0.3 is 10.0 Å². The second kappa shape index (κ2) is 6.25. The first kappa shape index (κ1) is 14.1. The number of thiazole rings is 1. The van der Waals surface area contributed by atoms with Crippen molar-refractivity contribution < 1.29 is 14.4 Å². The molecule has 0 aliphatic rings. The zero-order chi connectivity index (χ0) is 13.8. The van der Waals surface area contributed by atoms with Gasteiger partial charge in [0, 0.05) is 24.0 Å². The average molecular weight is 280 g/mol. The second-order valence-electron chi connectivity index (χ2n) is 4.38. The highest BCUT2D eigenvalue weighted by Gasteiger charge is 2.14. The molecule has 0 spiro atoms. The van der Waals surface area contributed by atoms with E-state index < -0.39 is 12.9 Å². The third-order valence-electron chi connectivity index (χ3n) is 2.73. The number of hydrogen-bond donors (Lipinski definition) is 2. The van der Waals surface area contributed by atoms with Crippen molar-refractivity contribution >= 4 is 23.9 Å². The van der Waals surface area contributed by atoms with Gasteiger partial charge in [-0.05, 0) is 18.6 Å². The fourth-order valence-corrected chi connectivity index (χ4v) is 2.34. The molecular weight excluding hydrogens is 266 g/mol. The summed E-state index contributed by atoms with van der Waals surface area (Å²) < 4.78 is 13.8. The predicted octanol–water partition coefficient (Wildman–Crippen LogP) is 0.594. The first-order valence-corrected chi connectivity index (χ1v) is 6.70. The Morgan fingerprint density at radius 3 is 2.74 bits per heavy atom. The van der Waals surface area contributed by atoms with Crippen LogP contribution in [0.2, 0.25) is 0 Å². The second-order valence-corrected chi connectivity index (χ2v) is 5.10. The largest absolute Gasteiger partial charge is 0.488 e. The van der Waals surface area contributed by atoms with E-state index in [9.17, 15) is 4.39 Å². The summed E-state index contributed by atoms with van der Waals surface area (Å²) in [7, 11) is 0.240. The van der Waals surface area contributed by atoms with Crippen LogP contribution in [-0.4, -0.2) is 34.1 Å². The molecule has 4 nitrogen and oxygen atoms in total. The van der Waals surface area contributed by atoms with E-state index >= 15 is 0 Å². The standard InChI is InChI=1S/C12H14BFN2O2S/c1-16(6-11-7-19-8-15-11)5-9-2-3-10(13(17)18)4-12(9)14/h2-4,7-8,17-18H,5-6H2,1H3. The maximum Gasteiger partial charge on any atom is 0.488 e. The molecule has 1 aromatic heterocycles. The Morgan fingerprint density at radius 2 is 2.16 bits per heavy atom. The molecule has 2 rings (SSSR count). The van der Waals surface area contributed by atoms with Crippen LogP contribution in [-0.2, 0) is 13.1 Å². The molecule has 2 aromatic rings. The van der Waals surface area contributed by atoms with E-state index in [1.165, 1.54) is 17.4 Å². The molecule has 7 heteroatoms. The molecule has 0 unspecified atom stereocenters. The third-order valence-corrected chi connectivity index (χ3v) is 3.37. The van der Waals surface area contributed by atoms with Crippen LogP contribution >= 0.6 is 11.3 Å². The van der Waals surface area contributed by atoms with Crippen LogP contribution in [0.15, 0.2) is 29.1 Å². The molecule has 0 saturated heterocycles. The molecule has 0 aliphatic carbocycles. The lowest BCUT2D eigenvalue weighted by atomic mass is 9.80. The predicted molar refractivity (Wildman–Crippen MR) is 73.5 cm³/mol. The zero-order valence-corrected chi connectivity index (χ0v) is 11.3. The first-order chi connectivity index (χ1) is 9.06. The van der Waals surface area contributed by atoms with Gasteiger partial charge in [0.1, 0.15) is 5.82 Å². The molecule has 2 N–H and O–H groups in total. The van der Waals surface area contributed by atoms with Gasteiger partial charge in [0.2, 0.25) is 0 Å². The van der Waals surface area contributed by atoms with Crippen molar-refractivity contribution in [1.29, 1.82) is 0 Å². The van der Waals surface area contributed by atoms with Crippen molar-refractivity contribution in [2.75, 3.05) is 7.05 Å². The summed E-state index contributed by atoms with van der Waals surface area (Å²) in [6, 6.07) is 4.23. The summed E-state index contributed by atoms with van der Waals surface area (Å²) in [5, 5.41) is 19.9. The quantitative estimate of drug-likeness (QED) is 0.787. The van der Waals surface area contributed by atoms with Gasteiger partial charge in [-0.3, -0.25) is 4.90 Å². The highest BCUT2D eigenvalue weighted by Crippen LogP contribution is 2.11. The van der Waals surface area contributed by atoms with Crippen LogP contribution in [0.4, 0.5) is 4.39 Å². The van der Waals surface area contributed by atoms with E-state index in [1.54, 1.807) is 11.6 Å². The van der Waals surface area contributed by atoms with Crippen molar-refractivity contribution in [2.24, 2.45) is 0 Å². The summed E-state index contributed by atoms with van der Waals surface area (Å²) >= 11 is 1.53. The van der Waals surface area contributed by atoms with Gasteiger partial charge in [0.15, 0.2) is 0 Å². The summed E-state index contributed by atoms with van der Waals surface area (Å²) in [6.45, 7) is 1.08. The normalized spacial score (nSPS) is 11.0. The zero-order valence-electron chi connectivity index (χ0n) is 10.5. The number of halogens is 1. The Balaban J connectivity index is 2.02. The van der Waals surface area contributed by atoms with Crippen LogP contribution < -0.4 is 5.46 Å². The molecule has 1 aromatic carbocycles. The summed E-state index contributed by atoms with van der Waals surface area (Å²) in [6.07, 6.45) is 0. The van der Waals surface area contributed by atoms with Gasteiger partial charge in [-0.15, -0.1) is 11.3 Å². The minimum Gasteiger partial charge on any atom is -0.423 e. The lowest BCUT2D eigenvalue weighted by Crippen LogP contribution is -2.30. The molecule has 0 radical (unpaired) electrons. The summed E-state index contributed by atoms with van der Waals surface area (Å²) in [5.74, 6) is -0.435. The smallest absolute Gasteiger partial charge is 0.423 e. The van der Waals surface area contributed by atoms with E-state index in [1.807, 2.05) is 17.3 Å². The van der Waals surface area contributed by atoms with E-state index in [4.69, 9.17) is 10.0 Å². The number of rotatable bonds is 5. The topological polar surface area (TPSA) is 56.6 Å². The lowest BCUT2D eigenvalue weighted by Gasteiger charge is -2.16. The Labute approximate surface area is 115 Å². The maximum atomic E-state index is 13.8. The van der Waals surface area contributed by atoms with Crippen LogP contribution in [0.25, 0.3) is 0 Å². The van der Waals surface area contributed by atoms with Crippen molar-refractivity contribution in [3.05, 3.63) is 46.2 Å². The molecule has 1 heterocycles. The Bertz CT molecular complexity index is 537. The molecule has 0 amide bonds. The molecule has 19 heavy (non-hydrogen) atoms. The highest BCUT2D eigenvalue weighted by molar-refractivity contribution is 7.07. The number of benzene rings is 1. The maximum absolute atomic E-state index is 13.8. The van der Waals surface area contributed by atoms with Crippen LogP contribution in [0.5, 0.6) is 0 Å². The van der Waals surface area contributed by atoms with E-state index in [2.05, 4.69) is 4.98 Å². The van der Waals surface area contributed by atoms with Gasteiger partial charge in [0.05, 0.1) is 11.2 Å². The van der Waals surface area contributed by atoms with Gasteiger partial charge in [-0.1, -0.05) is 12.1 Å². The van der Waals surface area contributed by atoms with Crippen molar-refractivity contribution in [2.45, 2.75) is 13.1 Å². The summed E-state index contributed by atoms with van der Waals surface area (Å²) in [5.41, 5.74) is 3.39. The van der Waals surface area contributed by atoms with Gasteiger partial charge in [-0.2, -0.15) is 0 Å². The van der Waals surface area contributed by atoms with E-state index in [-0.39, 0.29) is 5.46 Å². The SMILES string of the molecule is CN(Cc1cscn1)Cc1ccc(B(O)O)cc1F. The van der Waals surface area contributed by atoms with E-state index in [0.717, 1.165) is 11.8 Å². The fourth-order valence-electron chi connectivity index (χ4n) is 1.79. The molecule has 0 saturated carbocycles. The van der Waals surface area contributed by atoms with Crippen LogP contribution in [0.3, 0.4) is 0 Å². The third kappa shape index (κ3) is 3.84. The molecular formula is C12H14BFN2O2S. The van der Waals surface area contributed by atoms with Crippen molar-refractivity contribution in [3.63, 3.8) is 0 Å². The van der Waals surface area contributed by atoms with Crippen molar-refractivity contribution in [1.82, 2.24) is 9.88 Å². The van der Waals surface area contributed by atoms with Crippen LogP contribution in [0, 0.1) is 5.82 Å². The highest BCUT2D eigenvalue weighted by atomic mass is 32.1. The molecule has 0 bridgehead atoms. The molecule has 0 atom stereocenters. The van der Waals surface area contributed by atoms with Gasteiger partial charge >= 0.3 is 7.12 Å².